The van der Waals surface area contributed by atoms with Crippen LogP contribution in [-0.2, 0) is 0 Å². The molecule has 0 heterocycles. The normalized spacial score (nSPS) is 9.43. The van der Waals surface area contributed by atoms with Crippen molar-refractivity contribution in [2.45, 2.75) is 32.7 Å². The van der Waals surface area contributed by atoms with Crippen LogP contribution in [-0.4, -0.2) is 9.52 Å². The van der Waals surface area contributed by atoms with Gasteiger partial charge in [0.25, 0.3) is 0 Å². The zero-order chi connectivity index (χ0) is 5.54. The van der Waals surface area contributed by atoms with E-state index in [4.69, 9.17) is 0 Å². The first-order chi connectivity index (χ1) is 3.41. The van der Waals surface area contributed by atoms with E-state index in [2.05, 4.69) is 19.9 Å². The molecule has 0 aromatic heterocycles. The van der Waals surface area contributed by atoms with Crippen molar-refractivity contribution in [1.29, 1.82) is 0 Å². The highest BCUT2D eigenvalue weighted by Gasteiger charge is 1.81. The van der Waals surface area contributed by atoms with Crippen LogP contribution in [0.15, 0.2) is 0 Å². The molecule has 0 aromatic rings. The van der Waals surface area contributed by atoms with Gasteiger partial charge < -0.3 is 0 Å². The molecule has 0 atom stereocenters. The van der Waals surface area contributed by atoms with E-state index in [-0.39, 0.29) is 9.52 Å². The van der Waals surface area contributed by atoms with Crippen LogP contribution in [0.1, 0.15) is 26.7 Å². The Balaban J connectivity index is 2.45. The van der Waals surface area contributed by atoms with Gasteiger partial charge >= 0.3 is 0 Å². The quantitative estimate of drug-likeness (QED) is 0.385. The minimum atomic E-state index is 0.286. The van der Waals surface area contributed by atoms with E-state index < -0.39 is 0 Å². The van der Waals surface area contributed by atoms with Gasteiger partial charge in [-0.25, -0.2) is 0 Å². The summed E-state index contributed by atoms with van der Waals surface area (Å²) in [7, 11) is 0.286. The second kappa shape index (κ2) is 6.22. The van der Waals surface area contributed by atoms with Gasteiger partial charge in [-0.15, -0.1) is 0 Å². The van der Waals surface area contributed by atoms with Crippen molar-refractivity contribution in [2.24, 2.45) is 0 Å². The summed E-state index contributed by atoms with van der Waals surface area (Å²) in [5, 5.41) is 0. The summed E-state index contributed by atoms with van der Waals surface area (Å²) < 4.78 is 0. The van der Waals surface area contributed by atoms with Crippen molar-refractivity contribution in [2.75, 3.05) is 0 Å². The Hall–Kier alpha value is 0.217. The summed E-state index contributed by atoms with van der Waals surface area (Å²) in [5.41, 5.74) is 0. The summed E-state index contributed by atoms with van der Waals surface area (Å²) >= 11 is 0. The smallest absolute Gasteiger partial charge is 0.0231 e. The van der Waals surface area contributed by atoms with Gasteiger partial charge in [-0.1, -0.05) is 38.8 Å². The average Bonchev–Trinajstić information content (AvgIpc) is 1.69. The monoisotopic (exact) mass is 115 g/mol. The molecule has 0 amide bonds. The maximum absolute atomic E-state index is 2.48. The highest BCUT2D eigenvalue weighted by atomic mass is 28.2. The standard InChI is InChI=1S/C6H15Si/c1-3-5-7-6-4-2/h5H,3-4,6-7H2,1-2H3. The Morgan fingerprint density at radius 1 is 1.43 bits per heavy atom. The van der Waals surface area contributed by atoms with Gasteiger partial charge in [0, 0.05) is 9.52 Å². The van der Waals surface area contributed by atoms with Gasteiger partial charge in [-0.05, 0) is 0 Å². The largest absolute Gasteiger partial charge is 0.0657 e. The predicted octanol–water partition coefficient (Wildman–Crippen LogP) is 1.56. The summed E-state index contributed by atoms with van der Waals surface area (Å²) in [6.45, 7) is 4.49. The average molecular weight is 115 g/mol. The highest BCUT2D eigenvalue weighted by Crippen LogP contribution is 1.89. The van der Waals surface area contributed by atoms with Gasteiger partial charge in [0.2, 0.25) is 0 Å². The molecular weight excluding hydrogens is 100 g/mol. The number of hydrogen-bond acceptors (Lipinski definition) is 0. The minimum absolute atomic E-state index is 0.286. The molecule has 0 saturated heterocycles. The van der Waals surface area contributed by atoms with Crippen molar-refractivity contribution in [3.63, 3.8) is 0 Å². The molecule has 1 radical (unpaired) electrons. The lowest BCUT2D eigenvalue weighted by Gasteiger charge is -1.89. The van der Waals surface area contributed by atoms with E-state index >= 15 is 0 Å². The molecule has 0 fully saturated rings. The molecule has 43 valence electrons. The molecule has 0 aliphatic heterocycles. The van der Waals surface area contributed by atoms with E-state index in [1.165, 1.54) is 18.9 Å². The zero-order valence-electron chi connectivity index (χ0n) is 5.41. The molecule has 0 nitrogen and oxygen atoms in total. The topological polar surface area (TPSA) is 0 Å². The lowest BCUT2D eigenvalue weighted by molar-refractivity contribution is 1.06. The van der Waals surface area contributed by atoms with Crippen molar-refractivity contribution >= 4 is 9.52 Å². The molecular formula is C6H15Si. The lowest BCUT2D eigenvalue weighted by atomic mass is 10.6. The Kier molecular flexibility index (Phi) is 6.41. The third-order valence-corrected chi connectivity index (χ3v) is 3.15. The van der Waals surface area contributed by atoms with Crippen molar-refractivity contribution < 1.29 is 0 Å². The SMILES string of the molecule is CC[CH][SiH2]CCC. The molecule has 0 bridgehead atoms. The van der Waals surface area contributed by atoms with Crippen molar-refractivity contribution in [1.82, 2.24) is 0 Å². The Bertz CT molecular complexity index is 23.4. The first-order valence-electron chi connectivity index (χ1n) is 3.23. The van der Waals surface area contributed by atoms with Crippen LogP contribution in [0.5, 0.6) is 0 Å². The molecule has 0 aliphatic rings. The minimum Gasteiger partial charge on any atom is -0.0657 e. The third-order valence-electron chi connectivity index (χ3n) is 1.05. The summed E-state index contributed by atoms with van der Waals surface area (Å²) in [6, 6.07) is 3.98. The summed E-state index contributed by atoms with van der Waals surface area (Å²) in [6.07, 6.45) is 2.69. The fourth-order valence-corrected chi connectivity index (χ4v) is 1.66. The Morgan fingerprint density at radius 3 is 2.57 bits per heavy atom. The molecule has 0 saturated carbocycles. The van der Waals surface area contributed by atoms with Crippen LogP contribution in [0.2, 0.25) is 6.04 Å². The summed E-state index contributed by atoms with van der Waals surface area (Å²) in [5.74, 6) is 0. The zero-order valence-corrected chi connectivity index (χ0v) is 6.82. The van der Waals surface area contributed by atoms with E-state index in [0.717, 1.165) is 0 Å². The van der Waals surface area contributed by atoms with E-state index in [1.807, 2.05) is 0 Å². The molecule has 0 spiro atoms. The van der Waals surface area contributed by atoms with E-state index in [0.29, 0.717) is 0 Å². The van der Waals surface area contributed by atoms with Gasteiger partial charge in [-0.2, -0.15) is 0 Å². The van der Waals surface area contributed by atoms with E-state index in [9.17, 15) is 0 Å². The summed E-state index contributed by atoms with van der Waals surface area (Å²) in [4.78, 5) is 0. The van der Waals surface area contributed by atoms with Gasteiger partial charge in [0.1, 0.15) is 0 Å². The van der Waals surface area contributed by atoms with Crippen LogP contribution in [0, 0.1) is 6.04 Å². The van der Waals surface area contributed by atoms with Crippen molar-refractivity contribution in [3.8, 4) is 0 Å². The maximum atomic E-state index is 2.48. The maximum Gasteiger partial charge on any atom is 0.0231 e. The second-order valence-electron chi connectivity index (χ2n) is 1.84. The second-order valence-corrected chi connectivity index (χ2v) is 3.70. The Labute approximate surface area is 49.1 Å². The van der Waals surface area contributed by atoms with E-state index in [1.54, 1.807) is 0 Å². The number of rotatable bonds is 4. The first kappa shape index (κ1) is 7.22. The fourth-order valence-electron chi connectivity index (χ4n) is 0.553. The van der Waals surface area contributed by atoms with Gasteiger partial charge in [0.05, 0.1) is 0 Å². The number of hydrogen-bond donors (Lipinski definition) is 0. The lowest BCUT2D eigenvalue weighted by Crippen LogP contribution is -1.86. The fraction of sp³-hybridized carbons (Fsp3) is 0.833. The molecule has 0 unspecified atom stereocenters. The molecule has 0 N–H and O–H groups in total. The first-order valence-corrected chi connectivity index (χ1v) is 5.05. The van der Waals surface area contributed by atoms with Crippen LogP contribution in [0.25, 0.3) is 0 Å². The molecule has 7 heavy (non-hydrogen) atoms. The predicted molar refractivity (Wildman–Crippen MR) is 38.2 cm³/mol. The van der Waals surface area contributed by atoms with Crippen molar-refractivity contribution in [3.05, 3.63) is 6.04 Å². The molecule has 0 aromatic carbocycles. The Morgan fingerprint density at radius 2 is 2.14 bits per heavy atom. The van der Waals surface area contributed by atoms with Crippen LogP contribution >= 0.6 is 0 Å². The van der Waals surface area contributed by atoms with Crippen LogP contribution < -0.4 is 0 Å². The van der Waals surface area contributed by atoms with Crippen LogP contribution in [0.3, 0.4) is 0 Å². The molecule has 0 aliphatic carbocycles. The highest BCUT2D eigenvalue weighted by molar-refractivity contribution is 6.39. The van der Waals surface area contributed by atoms with Crippen LogP contribution in [0.4, 0.5) is 0 Å². The third kappa shape index (κ3) is 6.22. The molecule has 1 heteroatoms. The van der Waals surface area contributed by atoms with Gasteiger partial charge in [0.15, 0.2) is 0 Å². The molecule has 0 rings (SSSR count). The van der Waals surface area contributed by atoms with Gasteiger partial charge in [-0.3, -0.25) is 0 Å².